The zero-order valence-corrected chi connectivity index (χ0v) is 13.5. The summed E-state index contributed by atoms with van der Waals surface area (Å²) in [5.41, 5.74) is 7.18. The number of benzene rings is 1. The number of halogens is 3. The molecule has 0 fully saturated rings. The van der Waals surface area contributed by atoms with Crippen molar-refractivity contribution in [3.8, 4) is 0 Å². The van der Waals surface area contributed by atoms with Crippen LogP contribution in [-0.4, -0.2) is 0 Å². The zero-order chi connectivity index (χ0) is 12.4. The van der Waals surface area contributed by atoms with E-state index >= 15 is 0 Å². The van der Waals surface area contributed by atoms with Crippen molar-refractivity contribution >= 4 is 54.8 Å². The largest absolute Gasteiger partial charge is 0.324 e. The highest BCUT2D eigenvalue weighted by atomic mass is 79.9. The van der Waals surface area contributed by atoms with Gasteiger partial charge in [0.25, 0.3) is 0 Å². The normalized spacial score (nSPS) is 12.7. The van der Waals surface area contributed by atoms with Crippen LogP contribution in [0.1, 0.15) is 16.5 Å². The molecule has 0 spiro atoms. The predicted octanol–water partition coefficient (Wildman–Crippen LogP) is 5.17. The molecule has 0 radical (unpaired) electrons. The Morgan fingerprint density at radius 2 is 2.06 bits per heavy atom. The van der Waals surface area contributed by atoms with Gasteiger partial charge in [-0.15, -0.1) is 11.3 Å². The lowest BCUT2D eigenvalue weighted by atomic mass is 10.0. The molecule has 5 heteroatoms. The minimum Gasteiger partial charge on any atom is -0.324 e. The Hall–Kier alpha value is 0.130. The molecule has 2 rings (SSSR count). The molecule has 0 saturated heterocycles. The van der Waals surface area contributed by atoms with Gasteiger partial charge in [-0.1, -0.05) is 27.5 Å². The lowest BCUT2D eigenvalue weighted by Crippen LogP contribution is -2.13. The minimum atomic E-state index is -0.0880. The molecule has 90 valence electrons. The molecule has 1 aromatic heterocycles. The van der Waals surface area contributed by atoms with Crippen molar-refractivity contribution in [3.05, 3.63) is 54.1 Å². The molecule has 1 unspecified atom stereocenters. The second-order valence-electron chi connectivity index (χ2n) is 3.67. The zero-order valence-electron chi connectivity index (χ0n) is 8.79. The molecule has 0 amide bonds. The summed E-state index contributed by atoms with van der Waals surface area (Å²) in [6.07, 6.45) is 0.786. The molecular formula is C12H10Br2ClNS. The molecule has 2 aromatic rings. The molecule has 0 aliphatic rings. The van der Waals surface area contributed by atoms with Gasteiger partial charge in [0.2, 0.25) is 0 Å². The second-order valence-corrected chi connectivity index (χ2v) is 6.85. The number of rotatable bonds is 3. The molecular weight excluding hydrogens is 385 g/mol. The summed E-state index contributed by atoms with van der Waals surface area (Å²) in [6, 6.07) is 7.71. The van der Waals surface area contributed by atoms with Crippen LogP contribution in [0.5, 0.6) is 0 Å². The first-order valence-electron chi connectivity index (χ1n) is 5.00. The summed E-state index contributed by atoms with van der Waals surface area (Å²) in [4.78, 5) is 1.24. The lowest BCUT2D eigenvalue weighted by Gasteiger charge is -2.13. The number of hydrogen-bond donors (Lipinski definition) is 1. The molecule has 0 bridgehead atoms. The highest BCUT2D eigenvalue weighted by molar-refractivity contribution is 9.10. The fourth-order valence-corrected chi connectivity index (χ4v) is 3.79. The Morgan fingerprint density at radius 3 is 2.71 bits per heavy atom. The van der Waals surface area contributed by atoms with Crippen LogP contribution >= 0.6 is 54.8 Å². The first kappa shape index (κ1) is 13.6. The first-order valence-corrected chi connectivity index (χ1v) is 7.84. The molecule has 0 aliphatic carbocycles. The lowest BCUT2D eigenvalue weighted by molar-refractivity contribution is 0.728. The quantitative estimate of drug-likeness (QED) is 0.762. The van der Waals surface area contributed by atoms with E-state index in [2.05, 4.69) is 37.2 Å². The van der Waals surface area contributed by atoms with Crippen molar-refractivity contribution in [1.29, 1.82) is 0 Å². The molecule has 1 aromatic carbocycles. The van der Waals surface area contributed by atoms with E-state index in [0.29, 0.717) is 5.02 Å². The van der Waals surface area contributed by atoms with Gasteiger partial charge in [-0.3, -0.25) is 0 Å². The Morgan fingerprint density at radius 1 is 1.29 bits per heavy atom. The number of hydrogen-bond acceptors (Lipinski definition) is 2. The van der Waals surface area contributed by atoms with Gasteiger partial charge in [0.05, 0.1) is 0 Å². The standard InChI is InChI=1S/C12H10Br2ClNS/c13-7-1-2-10(15)8(5-7)11(16)6-12-9(14)3-4-17-12/h1-5,11H,6,16H2. The van der Waals surface area contributed by atoms with E-state index in [4.69, 9.17) is 17.3 Å². The van der Waals surface area contributed by atoms with Gasteiger partial charge in [0, 0.05) is 31.3 Å². The van der Waals surface area contributed by atoms with Crippen LogP contribution in [0.15, 0.2) is 38.6 Å². The van der Waals surface area contributed by atoms with Crippen molar-refractivity contribution in [2.24, 2.45) is 5.73 Å². The molecule has 1 nitrogen and oxygen atoms in total. The molecule has 1 heterocycles. The van der Waals surface area contributed by atoms with Gasteiger partial charge in [0.1, 0.15) is 0 Å². The van der Waals surface area contributed by atoms with E-state index in [1.54, 1.807) is 11.3 Å². The number of nitrogens with two attached hydrogens (primary N) is 1. The van der Waals surface area contributed by atoms with Crippen LogP contribution in [0.3, 0.4) is 0 Å². The monoisotopic (exact) mass is 393 g/mol. The fraction of sp³-hybridized carbons (Fsp3) is 0.167. The maximum absolute atomic E-state index is 6.21. The van der Waals surface area contributed by atoms with E-state index in [-0.39, 0.29) is 6.04 Å². The van der Waals surface area contributed by atoms with Gasteiger partial charge in [-0.25, -0.2) is 0 Å². The van der Waals surface area contributed by atoms with Crippen LogP contribution < -0.4 is 5.73 Å². The maximum atomic E-state index is 6.21. The molecule has 0 aliphatic heterocycles. The molecule has 2 N–H and O–H groups in total. The van der Waals surface area contributed by atoms with E-state index in [0.717, 1.165) is 20.9 Å². The average Bonchev–Trinajstić information content (AvgIpc) is 2.68. The molecule has 1 atom stereocenters. The van der Waals surface area contributed by atoms with Gasteiger partial charge in [0.15, 0.2) is 0 Å². The van der Waals surface area contributed by atoms with Gasteiger partial charge in [-0.2, -0.15) is 0 Å². The van der Waals surface area contributed by atoms with Gasteiger partial charge < -0.3 is 5.73 Å². The highest BCUT2D eigenvalue weighted by Gasteiger charge is 2.13. The Labute approximate surface area is 126 Å². The fourth-order valence-electron chi connectivity index (χ4n) is 1.58. The van der Waals surface area contributed by atoms with Crippen LogP contribution in [0.2, 0.25) is 5.02 Å². The average molecular weight is 396 g/mol. The van der Waals surface area contributed by atoms with Crippen LogP contribution in [-0.2, 0) is 6.42 Å². The highest BCUT2D eigenvalue weighted by Crippen LogP contribution is 2.31. The van der Waals surface area contributed by atoms with Crippen LogP contribution in [0.4, 0.5) is 0 Å². The Bertz CT molecular complexity index is 527. The summed E-state index contributed by atoms with van der Waals surface area (Å²) in [5, 5.41) is 2.77. The summed E-state index contributed by atoms with van der Waals surface area (Å²) in [5.74, 6) is 0. The molecule has 17 heavy (non-hydrogen) atoms. The molecule has 0 saturated carbocycles. The predicted molar refractivity (Wildman–Crippen MR) is 81.8 cm³/mol. The van der Waals surface area contributed by atoms with Crippen molar-refractivity contribution < 1.29 is 0 Å². The minimum absolute atomic E-state index is 0.0880. The van der Waals surface area contributed by atoms with E-state index < -0.39 is 0 Å². The van der Waals surface area contributed by atoms with Crippen molar-refractivity contribution in [2.75, 3.05) is 0 Å². The topological polar surface area (TPSA) is 26.0 Å². The van der Waals surface area contributed by atoms with E-state index in [1.807, 2.05) is 24.3 Å². The van der Waals surface area contributed by atoms with E-state index in [1.165, 1.54) is 4.88 Å². The SMILES string of the molecule is NC(Cc1sccc1Br)c1cc(Br)ccc1Cl. The third-order valence-corrected chi connectivity index (χ3v) is 5.24. The van der Waals surface area contributed by atoms with Crippen molar-refractivity contribution in [1.82, 2.24) is 0 Å². The third-order valence-electron chi connectivity index (χ3n) is 2.45. The summed E-state index contributed by atoms with van der Waals surface area (Å²) < 4.78 is 2.11. The second kappa shape index (κ2) is 5.85. The van der Waals surface area contributed by atoms with Crippen LogP contribution in [0, 0.1) is 0 Å². The Kier molecular flexibility index (Phi) is 4.66. The van der Waals surface area contributed by atoms with Gasteiger partial charge >= 0.3 is 0 Å². The first-order chi connectivity index (χ1) is 8.08. The number of thiophene rings is 1. The summed E-state index contributed by atoms with van der Waals surface area (Å²) in [6.45, 7) is 0. The third kappa shape index (κ3) is 3.32. The van der Waals surface area contributed by atoms with Crippen molar-refractivity contribution in [3.63, 3.8) is 0 Å². The van der Waals surface area contributed by atoms with Gasteiger partial charge in [-0.05, 0) is 51.1 Å². The van der Waals surface area contributed by atoms with Crippen LogP contribution in [0.25, 0.3) is 0 Å². The van der Waals surface area contributed by atoms with Crippen molar-refractivity contribution in [2.45, 2.75) is 12.5 Å². The summed E-state index contributed by atoms with van der Waals surface area (Å²) in [7, 11) is 0. The maximum Gasteiger partial charge on any atom is 0.0454 e. The van der Waals surface area contributed by atoms with E-state index in [9.17, 15) is 0 Å². The summed E-state index contributed by atoms with van der Waals surface area (Å²) >= 11 is 14.8. The Balaban J connectivity index is 2.23. The smallest absolute Gasteiger partial charge is 0.0454 e.